The summed E-state index contributed by atoms with van der Waals surface area (Å²) < 4.78 is 7.61. The largest absolute Gasteiger partial charge is 0.494 e. The maximum absolute atomic E-state index is 5.67. The SMILES string of the molecule is CCNC(=NCCCOc1ccccc1)NCCCn1cccn1.I. The summed E-state index contributed by atoms with van der Waals surface area (Å²) in [4.78, 5) is 4.57. The Morgan fingerprint density at radius 3 is 2.72 bits per heavy atom. The van der Waals surface area contributed by atoms with E-state index in [9.17, 15) is 0 Å². The van der Waals surface area contributed by atoms with Crippen LogP contribution >= 0.6 is 24.0 Å². The molecule has 25 heavy (non-hydrogen) atoms. The zero-order chi connectivity index (χ0) is 16.9. The Balaban J connectivity index is 0.00000312. The average molecular weight is 457 g/mol. The van der Waals surface area contributed by atoms with Crippen LogP contribution in [0.25, 0.3) is 0 Å². The number of hydrogen-bond acceptors (Lipinski definition) is 3. The molecule has 2 N–H and O–H groups in total. The van der Waals surface area contributed by atoms with Gasteiger partial charge in [0, 0.05) is 45.0 Å². The summed E-state index contributed by atoms with van der Waals surface area (Å²) in [6.45, 7) is 6.11. The number of nitrogens with one attached hydrogen (secondary N) is 2. The van der Waals surface area contributed by atoms with Gasteiger partial charge in [-0.05, 0) is 31.5 Å². The fourth-order valence-electron chi connectivity index (χ4n) is 2.18. The van der Waals surface area contributed by atoms with E-state index in [0.29, 0.717) is 6.61 Å². The molecule has 2 aromatic rings. The number of nitrogens with zero attached hydrogens (tertiary/aromatic N) is 3. The standard InChI is InChI=1S/C18H27N5O.HI/c1-2-19-18(20-11-6-14-23-15-7-13-22-23)21-12-8-16-24-17-9-4-3-5-10-17;/h3-5,7,9-10,13,15H,2,6,8,11-12,14,16H2,1H3,(H2,19,20,21);1H. The molecule has 2 rings (SSSR count). The number of ether oxygens (including phenoxy) is 1. The van der Waals surface area contributed by atoms with Gasteiger partial charge in [-0.15, -0.1) is 24.0 Å². The first-order valence-electron chi connectivity index (χ1n) is 8.56. The van der Waals surface area contributed by atoms with Crippen LogP contribution in [0.4, 0.5) is 0 Å². The highest BCUT2D eigenvalue weighted by atomic mass is 127. The predicted octanol–water partition coefficient (Wildman–Crippen LogP) is 2.92. The van der Waals surface area contributed by atoms with Crippen molar-refractivity contribution in [1.82, 2.24) is 20.4 Å². The maximum atomic E-state index is 5.67. The molecule has 0 atom stereocenters. The van der Waals surface area contributed by atoms with Gasteiger partial charge in [-0.1, -0.05) is 18.2 Å². The molecule has 6 nitrogen and oxygen atoms in total. The molecule has 0 amide bonds. The van der Waals surface area contributed by atoms with Crippen LogP contribution in [0.5, 0.6) is 5.75 Å². The summed E-state index contributed by atoms with van der Waals surface area (Å²) >= 11 is 0. The number of halogens is 1. The smallest absolute Gasteiger partial charge is 0.191 e. The normalized spacial score (nSPS) is 10.8. The van der Waals surface area contributed by atoms with Crippen LogP contribution in [0.2, 0.25) is 0 Å². The van der Waals surface area contributed by atoms with E-state index in [2.05, 4.69) is 27.6 Å². The monoisotopic (exact) mass is 457 g/mol. The lowest BCUT2D eigenvalue weighted by Gasteiger charge is -2.11. The molecule has 0 aliphatic heterocycles. The second-order valence-electron chi connectivity index (χ2n) is 5.33. The van der Waals surface area contributed by atoms with E-state index in [4.69, 9.17) is 4.74 Å². The predicted molar refractivity (Wildman–Crippen MR) is 113 cm³/mol. The molecule has 7 heteroatoms. The second-order valence-corrected chi connectivity index (χ2v) is 5.33. The van der Waals surface area contributed by atoms with Gasteiger partial charge in [0.25, 0.3) is 0 Å². The zero-order valence-electron chi connectivity index (χ0n) is 14.7. The molecule has 0 fully saturated rings. The van der Waals surface area contributed by atoms with E-state index in [0.717, 1.165) is 50.7 Å². The fraction of sp³-hybridized carbons (Fsp3) is 0.444. The van der Waals surface area contributed by atoms with Crippen molar-refractivity contribution in [2.45, 2.75) is 26.3 Å². The van der Waals surface area contributed by atoms with Crippen molar-refractivity contribution in [2.75, 3.05) is 26.2 Å². The maximum Gasteiger partial charge on any atom is 0.191 e. The van der Waals surface area contributed by atoms with Gasteiger partial charge >= 0.3 is 0 Å². The van der Waals surface area contributed by atoms with Gasteiger partial charge in [0.2, 0.25) is 0 Å². The van der Waals surface area contributed by atoms with E-state index in [1.165, 1.54) is 0 Å². The van der Waals surface area contributed by atoms with Crippen molar-refractivity contribution in [3.05, 3.63) is 48.8 Å². The van der Waals surface area contributed by atoms with Crippen LogP contribution in [0.3, 0.4) is 0 Å². The highest BCUT2D eigenvalue weighted by molar-refractivity contribution is 14.0. The molecule has 1 aromatic heterocycles. The fourth-order valence-corrected chi connectivity index (χ4v) is 2.18. The highest BCUT2D eigenvalue weighted by Crippen LogP contribution is 2.08. The molecule has 0 saturated carbocycles. The van der Waals surface area contributed by atoms with E-state index in [1.807, 2.05) is 47.3 Å². The van der Waals surface area contributed by atoms with E-state index >= 15 is 0 Å². The van der Waals surface area contributed by atoms with Crippen LogP contribution in [-0.2, 0) is 6.54 Å². The van der Waals surface area contributed by atoms with Crippen molar-refractivity contribution < 1.29 is 4.74 Å². The lowest BCUT2D eigenvalue weighted by atomic mass is 10.3. The Kier molecular flexibility index (Phi) is 11.5. The molecule has 1 aromatic carbocycles. The Bertz CT molecular complexity index is 574. The van der Waals surface area contributed by atoms with E-state index < -0.39 is 0 Å². The Morgan fingerprint density at radius 2 is 2.00 bits per heavy atom. The highest BCUT2D eigenvalue weighted by Gasteiger charge is 1.97. The van der Waals surface area contributed by atoms with Crippen LogP contribution in [0.15, 0.2) is 53.8 Å². The van der Waals surface area contributed by atoms with Crippen LogP contribution < -0.4 is 15.4 Å². The first-order chi connectivity index (χ1) is 11.9. The number of rotatable bonds is 10. The van der Waals surface area contributed by atoms with Crippen LogP contribution in [-0.4, -0.2) is 42.0 Å². The molecule has 138 valence electrons. The van der Waals surface area contributed by atoms with Gasteiger partial charge in [-0.25, -0.2) is 0 Å². The van der Waals surface area contributed by atoms with Gasteiger partial charge in [0.1, 0.15) is 5.75 Å². The Morgan fingerprint density at radius 1 is 1.16 bits per heavy atom. The minimum atomic E-state index is 0. The molecule has 0 saturated heterocycles. The lowest BCUT2D eigenvalue weighted by Crippen LogP contribution is -2.38. The number of benzene rings is 1. The molecule has 0 spiro atoms. The third-order valence-electron chi connectivity index (χ3n) is 3.34. The second kappa shape index (κ2) is 13.5. The molecule has 0 radical (unpaired) electrons. The van der Waals surface area contributed by atoms with Gasteiger partial charge in [0.15, 0.2) is 5.96 Å². The van der Waals surface area contributed by atoms with Crippen molar-refractivity contribution in [2.24, 2.45) is 4.99 Å². The van der Waals surface area contributed by atoms with Crippen molar-refractivity contribution in [3.63, 3.8) is 0 Å². The summed E-state index contributed by atoms with van der Waals surface area (Å²) in [5, 5.41) is 10.8. The first kappa shape index (κ1) is 21.3. The summed E-state index contributed by atoms with van der Waals surface area (Å²) in [5.41, 5.74) is 0. The number of aryl methyl sites for hydroxylation is 1. The third-order valence-corrected chi connectivity index (χ3v) is 3.34. The number of para-hydroxylation sites is 1. The number of hydrogen-bond donors (Lipinski definition) is 2. The topological polar surface area (TPSA) is 63.5 Å². The summed E-state index contributed by atoms with van der Waals surface area (Å²) in [6, 6.07) is 11.8. The van der Waals surface area contributed by atoms with Crippen molar-refractivity contribution >= 4 is 29.9 Å². The minimum Gasteiger partial charge on any atom is -0.494 e. The summed E-state index contributed by atoms with van der Waals surface area (Å²) in [5.74, 6) is 1.77. The summed E-state index contributed by atoms with van der Waals surface area (Å²) in [6.07, 6.45) is 5.67. The Labute approximate surface area is 167 Å². The molecular weight excluding hydrogens is 429 g/mol. The quantitative estimate of drug-likeness (QED) is 0.249. The molecule has 0 unspecified atom stereocenters. The molecule has 0 aliphatic carbocycles. The number of aromatic nitrogens is 2. The van der Waals surface area contributed by atoms with Gasteiger partial charge in [-0.3, -0.25) is 9.67 Å². The Hall–Kier alpha value is -1.77. The lowest BCUT2D eigenvalue weighted by molar-refractivity contribution is 0.313. The van der Waals surface area contributed by atoms with Crippen molar-refractivity contribution in [3.8, 4) is 5.75 Å². The molecule has 0 bridgehead atoms. The average Bonchev–Trinajstić information content (AvgIpc) is 3.12. The first-order valence-corrected chi connectivity index (χ1v) is 8.56. The number of aliphatic imine (C=N–C) groups is 1. The molecule has 0 aliphatic rings. The third kappa shape index (κ3) is 9.33. The molecular formula is C18H28IN5O. The van der Waals surface area contributed by atoms with Crippen LogP contribution in [0.1, 0.15) is 19.8 Å². The van der Waals surface area contributed by atoms with Crippen molar-refractivity contribution in [1.29, 1.82) is 0 Å². The summed E-state index contributed by atoms with van der Waals surface area (Å²) in [7, 11) is 0. The minimum absolute atomic E-state index is 0. The van der Waals surface area contributed by atoms with Gasteiger partial charge in [-0.2, -0.15) is 5.10 Å². The van der Waals surface area contributed by atoms with Gasteiger partial charge in [0.05, 0.1) is 6.61 Å². The number of guanidine groups is 1. The van der Waals surface area contributed by atoms with E-state index in [1.54, 1.807) is 6.20 Å². The molecule has 1 heterocycles. The van der Waals surface area contributed by atoms with Crippen LogP contribution in [0, 0.1) is 0 Å². The van der Waals surface area contributed by atoms with Gasteiger partial charge < -0.3 is 15.4 Å². The van der Waals surface area contributed by atoms with E-state index in [-0.39, 0.29) is 24.0 Å². The zero-order valence-corrected chi connectivity index (χ0v) is 17.1.